The smallest absolute Gasteiger partial charge is 0.170 e. The van der Waals surface area contributed by atoms with Gasteiger partial charge in [0, 0.05) is 36.2 Å². The molecule has 0 spiro atoms. The monoisotopic (exact) mass is 306 g/mol. The summed E-state index contributed by atoms with van der Waals surface area (Å²) in [6.07, 6.45) is 0. The summed E-state index contributed by atoms with van der Waals surface area (Å²) in [6.45, 7) is 0.692. The van der Waals surface area contributed by atoms with Crippen molar-refractivity contribution in [3.63, 3.8) is 0 Å². The van der Waals surface area contributed by atoms with Crippen molar-refractivity contribution < 1.29 is 17.7 Å². The highest BCUT2D eigenvalue weighted by Crippen LogP contribution is 2.21. The summed E-state index contributed by atoms with van der Waals surface area (Å²) < 4.78 is 44.7. The van der Waals surface area contributed by atoms with Crippen LogP contribution in [0.1, 0.15) is 11.3 Å². The number of fused-ring (bicyclic) bond motifs is 1. The van der Waals surface area contributed by atoms with E-state index in [1.54, 1.807) is 13.1 Å². The van der Waals surface area contributed by atoms with Gasteiger partial charge in [0.25, 0.3) is 0 Å². The minimum Gasteiger partial charge on any atom is -0.356 e. The maximum absolute atomic E-state index is 13.6. The van der Waals surface area contributed by atoms with E-state index in [4.69, 9.17) is 4.52 Å². The Morgan fingerprint density at radius 1 is 1.00 bits per heavy atom. The first-order chi connectivity index (χ1) is 10.5. The quantitative estimate of drug-likeness (QED) is 0.732. The van der Waals surface area contributed by atoms with Gasteiger partial charge in [0.05, 0.1) is 0 Å². The zero-order chi connectivity index (χ0) is 15.7. The highest BCUT2D eigenvalue weighted by molar-refractivity contribution is 5.79. The number of hydrogen-bond acceptors (Lipinski definition) is 3. The van der Waals surface area contributed by atoms with Gasteiger partial charge in [-0.15, -0.1) is 0 Å². The van der Waals surface area contributed by atoms with Crippen LogP contribution >= 0.6 is 0 Å². The molecule has 2 aromatic carbocycles. The lowest BCUT2D eigenvalue weighted by atomic mass is 10.1. The maximum atomic E-state index is 13.6. The summed E-state index contributed by atoms with van der Waals surface area (Å²) in [5.74, 6) is -1.58. The zero-order valence-electron chi connectivity index (χ0n) is 11.8. The molecular formula is C16H13F3N2O. The minimum absolute atomic E-state index is 0.293. The van der Waals surface area contributed by atoms with Crippen LogP contribution in [0.2, 0.25) is 0 Å². The molecule has 114 valence electrons. The van der Waals surface area contributed by atoms with Crippen molar-refractivity contribution in [2.45, 2.75) is 13.1 Å². The Labute approximate surface area is 124 Å². The molecule has 3 rings (SSSR count). The van der Waals surface area contributed by atoms with Crippen LogP contribution in [-0.2, 0) is 13.1 Å². The standard InChI is InChI=1S/C16H13F3N2O/c1-21(8-10-2-3-11(17)6-14(10)19)9-15-13-5-4-12(18)7-16(13)22-20-15/h2-7H,8-9H2,1H3. The molecule has 0 aliphatic heterocycles. The number of aromatic nitrogens is 1. The van der Waals surface area contributed by atoms with E-state index in [0.29, 0.717) is 35.3 Å². The van der Waals surface area contributed by atoms with Crippen molar-refractivity contribution in [3.8, 4) is 0 Å². The molecule has 22 heavy (non-hydrogen) atoms. The molecule has 1 aromatic heterocycles. The van der Waals surface area contributed by atoms with Crippen molar-refractivity contribution in [2.24, 2.45) is 0 Å². The average molecular weight is 306 g/mol. The van der Waals surface area contributed by atoms with E-state index in [1.165, 1.54) is 24.3 Å². The summed E-state index contributed by atoms with van der Waals surface area (Å²) in [5, 5.41) is 4.63. The fourth-order valence-corrected chi connectivity index (χ4v) is 2.33. The van der Waals surface area contributed by atoms with Crippen LogP contribution in [0.5, 0.6) is 0 Å². The molecule has 1 heterocycles. The van der Waals surface area contributed by atoms with Crippen molar-refractivity contribution >= 4 is 11.0 Å². The Kier molecular flexibility index (Phi) is 3.85. The van der Waals surface area contributed by atoms with Crippen LogP contribution in [0.25, 0.3) is 11.0 Å². The van der Waals surface area contributed by atoms with E-state index in [2.05, 4.69) is 5.16 Å². The molecule has 0 saturated carbocycles. The van der Waals surface area contributed by atoms with Crippen molar-refractivity contribution in [1.82, 2.24) is 10.1 Å². The zero-order valence-corrected chi connectivity index (χ0v) is 11.8. The van der Waals surface area contributed by atoms with Gasteiger partial charge in [0.15, 0.2) is 5.58 Å². The van der Waals surface area contributed by atoms with E-state index in [9.17, 15) is 13.2 Å². The molecule has 0 radical (unpaired) electrons. The summed E-state index contributed by atoms with van der Waals surface area (Å²) in [4.78, 5) is 1.82. The highest BCUT2D eigenvalue weighted by atomic mass is 19.1. The molecule has 3 nitrogen and oxygen atoms in total. The Bertz CT molecular complexity index is 816. The fraction of sp³-hybridized carbons (Fsp3) is 0.188. The first-order valence-electron chi connectivity index (χ1n) is 6.69. The summed E-state index contributed by atoms with van der Waals surface area (Å²) in [6, 6.07) is 7.70. The highest BCUT2D eigenvalue weighted by Gasteiger charge is 2.13. The lowest BCUT2D eigenvalue weighted by molar-refractivity contribution is 0.301. The van der Waals surface area contributed by atoms with E-state index in [-0.39, 0.29) is 0 Å². The lowest BCUT2D eigenvalue weighted by Crippen LogP contribution is -2.18. The van der Waals surface area contributed by atoms with Crippen LogP contribution < -0.4 is 0 Å². The van der Waals surface area contributed by atoms with Gasteiger partial charge >= 0.3 is 0 Å². The van der Waals surface area contributed by atoms with Gasteiger partial charge in [-0.05, 0) is 25.2 Å². The number of rotatable bonds is 4. The van der Waals surface area contributed by atoms with Gasteiger partial charge in [-0.1, -0.05) is 11.2 Å². The van der Waals surface area contributed by atoms with Crippen LogP contribution in [0, 0.1) is 17.5 Å². The molecule has 3 aromatic rings. The largest absolute Gasteiger partial charge is 0.356 e. The molecular weight excluding hydrogens is 293 g/mol. The molecule has 0 atom stereocenters. The predicted molar refractivity (Wildman–Crippen MR) is 75.5 cm³/mol. The molecule has 0 aliphatic rings. The van der Waals surface area contributed by atoms with Crippen LogP contribution in [0.3, 0.4) is 0 Å². The van der Waals surface area contributed by atoms with Crippen molar-refractivity contribution in [1.29, 1.82) is 0 Å². The molecule has 0 bridgehead atoms. The van der Waals surface area contributed by atoms with E-state index >= 15 is 0 Å². The van der Waals surface area contributed by atoms with E-state index < -0.39 is 17.5 Å². The molecule has 0 fully saturated rings. The van der Waals surface area contributed by atoms with Crippen LogP contribution in [0.4, 0.5) is 13.2 Å². The predicted octanol–water partition coefficient (Wildman–Crippen LogP) is 3.88. The van der Waals surface area contributed by atoms with Crippen molar-refractivity contribution in [3.05, 3.63) is 65.1 Å². The molecule has 0 N–H and O–H groups in total. The SMILES string of the molecule is CN(Cc1ccc(F)cc1F)Cc1noc2cc(F)ccc12. The Morgan fingerprint density at radius 3 is 2.50 bits per heavy atom. The summed E-state index contributed by atoms with van der Waals surface area (Å²) in [7, 11) is 1.78. The second-order valence-electron chi connectivity index (χ2n) is 5.18. The van der Waals surface area contributed by atoms with Gasteiger partial charge in [-0.25, -0.2) is 13.2 Å². The first kappa shape index (κ1) is 14.6. The Morgan fingerprint density at radius 2 is 1.73 bits per heavy atom. The molecule has 0 unspecified atom stereocenters. The molecule has 0 amide bonds. The maximum Gasteiger partial charge on any atom is 0.170 e. The third kappa shape index (κ3) is 2.96. The number of benzene rings is 2. The van der Waals surface area contributed by atoms with Gasteiger partial charge in [0.1, 0.15) is 23.1 Å². The van der Waals surface area contributed by atoms with Crippen LogP contribution in [-0.4, -0.2) is 17.1 Å². The van der Waals surface area contributed by atoms with Crippen molar-refractivity contribution in [2.75, 3.05) is 7.05 Å². The second kappa shape index (κ2) is 5.81. The number of halogens is 3. The van der Waals surface area contributed by atoms with Gasteiger partial charge in [0.2, 0.25) is 0 Å². The Hall–Kier alpha value is -2.34. The topological polar surface area (TPSA) is 29.3 Å². The number of nitrogens with zero attached hydrogens (tertiary/aromatic N) is 2. The minimum atomic E-state index is -0.603. The number of hydrogen-bond donors (Lipinski definition) is 0. The summed E-state index contributed by atoms with van der Waals surface area (Å²) >= 11 is 0. The average Bonchev–Trinajstić information content (AvgIpc) is 2.84. The fourth-order valence-electron chi connectivity index (χ4n) is 2.33. The second-order valence-corrected chi connectivity index (χ2v) is 5.18. The Balaban J connectivity index is 1.76. The van der Waals surface area contributed by atoms with Gasteiger partial charge in [-0.2, -0.15) is 0 Å². The third-order valence-corrected chi connectivity index (χ3v) is 3.38. The summed E-state index contributed by atoms with van der Waals surface area (Å²) in [5.41, 5.74) is 1.40. The molecule has 6 heteroatoms. The van der Waals surface area contributed by atoms with Crippen LogP contribution in [0.15, 0.2) is 40.9 Å². The van der Waals surface area contributed by atoms with Gasteiger partial charge in [-0.3, -0.25) is 4.90 Å². The van der Waals surface area contributed by atoms with Gasteiger partial charge < -0.3 is 4.52 Å². The molecule has 0 aliphatic carbocycles. The third-order valence-electron chi connectivity index (χ3n) is 3.38. The normalized spacial score (nSPS) is 11.5. The lowest BCUT2D eigenvalue weighted by Gasteiger charge is -2.15. The van der Waals surface area contributed by atoms with E-state index in [0.717, 1.165) is 6.07 Å². The van der Waals surface area contributed by atoms with E-state index in [1.807, 2.05) is 4.90 Å². The molecule has 0 saturated heterocycles. The first-order valence-corrected chi connectivity index (χ1v) is 6.69.